The Hall–Kier alpha value is -2.12. The number of carbonyl (C=O) groups is 1. The van der Waals surface area contributed by atoms with Crippen LogP contribution in [0.3, 0.4) is 0 Å². The molecule has 0 saturated carbocycles. The molecule has 1 heterocycles. The molecule has 1 aromatic heterocycles. The SMILES string of the molecule is Cc1ccc(-c2nnc(SC(C)C(=O)Nc3cccc(Br)c3)o2)cc1C. The maximum absolute atomic E-state index is 12.3. The molecule has 1 N–H and O–H groups in total. The molecule has 1 amide bonds. The van der Waals surface area contributed by atoms with Crippen molar-refractivity contribution < 1.29 is 9.21 Å². The van der Waals surface area contributed by atoms with Gasteiger partial charge in [0.2, 0.25) is 11.8 Å². The number of amides is 1. The van der Waals surface area contributed by atoms with Crippen LogP contribution in [0.2, 0.25) is 0 Å². The van der Waals surface area contributed by atoms with Crippen molar-refractivity contribution in [3.63, 3.8) is 0 Å². The maximum Gasteiger partial charge on any atom is 0.277 e. The summed E-state index contributed by atoms with van der Waals surface area (Å²) in [5.41, 5.74) is 3.98. The van der Waals surface area contributed by atoms with E-state index in [4.69, 9.17) is 4.42 Å². The summed E-state index contributed by atoms with van der Waals surface area (Å²) in [5.74, 6) is 0.328. The van der Waals surface area contributed by atoms with E-state index in [-0.39, 0.29) is 11.2 Å². The van der Waals surface area contributed by atoms with Gasteiger partial charge in [-0.25, -0.2) is 0 Å². The van der Waals surface area contributed by atoms with Gasteiger partial charge in [-0.2, -0.15) is 0 Å². The summed E-state index contributed by atoms with van der Waals surface area (Å²) < 4.78 is 6.62. The number of carbonyl (C=O) groups excluding carboxylic acids is 1. The van der Waals surface area contributed by atoms with Crippen molar-refractivity contribution in [2.45, 2.75) is 31.2 Å². The Morgan fingerprint density at radius 2 is 1.96 bits per heavy atom. The van der Waals surface area contributed by atoms with Gasteiger partial charge in [0.1, 0.15) is 0 Å². The first kappa shape index (κ1) is 18.7. The Morgan fingerprint density at radius 3 is 2.69 bits per heavy atom. The third-order valence-corrected chi connectivity index (χ3v) is 5.33. The van der Waals surface area contributed by atoms with Crippen LogP contribution in [0.15, 0.2) is 56.6 Å². The summed E-state index contributed by atoms with van der Waals surface area (Å²) in [7, 11) is 0. The van der Waals surface area contributed by atoms with Crippen molar-refractivity contribution in [2.75, 3.05) is 5.32 Å². The molecule has 0 saturated heterocycles. The lowest BCUT2D eigenvalue weighted by molar-refractivity contribution is -0.115. The molecule has 0 aliphatic rings. The molecule has 0 bridgehead atoms. The summed E-state index contributed by atoms with van der Waals surface area (Å²) in [6, 6.07) is 13.4. The monoisotopic (exact) mass is 431 g/mol. The molecule has 1 atom stereocenters. The maximum atomic E-state index is 12.3. The van der Waals surface area contributed by atoms with Crippen LogP contribution in [0.1, 0.15) is 18.1 Å². The number of aromatic nitrogens is 2. The number of thioether (sulfide) groups is 1. The number of aryl methyl sites for hydroxylation is 2. The first-order valence-electron chi connectivity index (χ1n) is 8.06. The van der Waals surface area contributed by atoms with Gasteiger partial charge in [0.05, 0.1) is 5.25 Å². The molecule has 5 nitrogen and oxygen atoms in total. The number of nitrogens with one attached hydrogen (secondary N) is 1. The van der Waals surface area contributed by atoms with Crippen LogP contribution in [0.25, 0.3) is 11.5 Å². The summed E-state index contributed by atoms with van der Waals surface area (Å²) in [4.78, 5) is 12.3. The largest absolute Gasteiger partial charge is 0.411 e. The van der Waals surface area contributed by atoms with Gasteiger partial charge in [-0.05, 0) is 62.2 Å². The Balaban J connectivity index is 1.66. The van der Waals surface area contributed by atoms with Crippen molar-refractivity contribution in [3.05, 3.63) is 58.1 Å². The van der Waals surface area contributed by atoms with Gasteiger partial charge < -0.3 is 9.73 Å². The zero-order chi connectivity index (χ0) is 18.7. The van der Waals surface area contributed by atoms with Gasteiger partial charge in [0.25, 0.3) is 5.22 Å². The molecule has 0 aliphatic heterocycles. The van der Waals surface area contributed by atoms with Crippen molar-refractivity contribution in [2.24, 2.45) is 0 Å². The van der Waals surface area contributed by atoms with Crippen LogP contribution in [-0.2, 0) is 4.79 Å². The first-order chi connectivity index (χ1) is 12.4. The third kappa shape index (κ3) is 4.53. The number of nitrogens with zero attached hydrogens (tertiary/aromatic N) is 2. The fourth-order valence-electron chi connectivity index (χ4n) is 2.26. The van der Waals surface area contributed by atoms with Gasteiger partial charge in [0.15, 0.2) is 0 Å². The Labute approximate surface area is 164 Å². The van der Waals surface area contributed by atoms with E-state index in [1.807, 2.05) is 49.4 Å². The predicted molar refractivity (Wildman–Crippen MR) is 107 cm³/mol. The second-order valence-corrected chi connectivity index (χ2v) is 8.14. The van der Waals surface area contributed by atoms with E-state index in [0.717, 1.165) is 21.3 Å². The smallest absolute Gasteiger partial charge is 0.277 e. The Bertz CT molecular complexity index is 942. The Kier molecular flexibility index (Phi) is 5.78. The molecule has 0 aliphatic carbocycles. The number of benzene rings is 2. The number of anilines is 1. The lowest BCUT2D eigenvalue weighted by Crippen LogP contribution is -2.22. The number of hydrogen-bond acceptors (Lipinski definition) is 5. The lowest BCUT2D eigenvalue weighted by atomic mass is 10.1. The van der Waals surface area contributed by atoms with E-state index >= 15 is 0 Å². The van der Waals surface area contributed by atoms with E-state index in [2.05, 4.69) is 38.4 Å². The fraction of sp³-hybridized carbons (Fsp3) is 0.211. The van der Waals surface area contributed by atoms with Crippen LogP contribution in [0.5, 0.6) is 0 Å². The standard InChI is InChI=1S/C19H18BrN3O2S/c1-11-7-8-14(9-12(11)2)18-22-23-19(25-18)26-13(3)17(24)21-16-6-4-5-15(20)10-16/h4-10,13H,1-3H3,(H,21,24). The minimum Gasteiger partial charge on any atom is -0.411 e. The highest BCUT2D eigenvalue weighted by molar-refractivity contribution is 9.10. The molecule has 0 spiro atoms. The van der Waals surface area contributed by atoms with E-state index in [1.165, 1.54) is 17.3 Å². The second-order valence-electron chi connectivity index (χ2n) is 5.93. The van der Waals surface area contributed by atoms with Crippen LogP contribution in [0.4, 0.5) is 5.69 Å². The number of hydrogen-bond donors (Lipinski definition) is 1. The summed E-state index contributed by atoms with van der Waals surface area (Å²) in [6.45, 7) is 5.90. The van der Waals surface area contributed by atoms with Crippen molar-refractivity contribution in [1.29, 1.82) is 0 Å². The predicted octanol–water partition coefficient (Wildman–Crippen LogP) is 5.24. The van der Waals surface area contributed by atoms with Crippen LogP contribution in [-0.4, -0.2) is 21.4 Å². The topological polar surface area (TPSA) is 68.0 Å². The summed E-state index contributed by atoms with van der Waals surface area (Å²) in [5, 5.41) is 11.0. The zero-order valence-electron chi connectivity index (χ0n) is 14.6. The molecule has 3 aromatic rings. The molecule has 0 radical (unpaired) electrons. The van der Waals surface area contributed by atoms with Gasteiger partial charge in [-0.3, -0.25) is 4.79 Å². The van der Waals surface area contributed by atoms with Crippen molar-refractivity contribution >= 4 is 39.3 Å². The zero-order valence-corrected chi connectivity index (χ0v) is 17.0. The molecule has 7 heteroatoms. The molecule has 26 heavy (non-hydrogen) atoms. The molecule has 134 valence electrons. The molecule has 0 fully saturated rings. The molecule has 3 rings (SSSR count). The van der Waals surface area contributed by atoms with Gasteiger partial charge in [-0.15, -0.1) is 10.2 Å². The quantitative estimate of drug-likeness (QED) is 0.559. The molecule has 2 aromatic carbocycles. The van der Waals surface area contributed by atoms with Crippen LogP contribution in [0, 0.1) is 13.8 Å². The third-order valence-electron chi connectivity index (χ3n) is 3.90. The highest BCUT2D eigenvalue weighted by Gasteiger charge is 2.19. The summed E-state index contributed by atoms with van der Waals surface area (Å²) in [6.07, 6.45) is 0. The van der Waals surface area contributed by atoms with Gasteiger partial charge in [0, 0.05) is 15.7 Å². The molecule has 1 unspecified atom stereocenters. The highest BCUT2D eigenvalue weighted by atomic mass is 79.9. The number of halogens is 1. The van der Waals surface area contributed by atoms with Gasteiger partial charge in [-0.1, -0.05) is 39.8 Å². The van der Waals surface area contributed by atoms with Crippen LogP contribution >= 0.6 is 27.7 Å². The average molecular weight is 432 g/mol. The average Bonchev–Trinajstić information content (AvgIpc) is 3.05. The second kappa shape index (κ2) is 8.05. The first-order valence-corrected chi connectivity index (χ1v) is 9.74. The lowest BCUT2D eigenvalue weighted by Gasteiger charge is -2.10. The number of rotatable bonds is 5. The molecular formula is C19H18BrN3O2S. The minimum atomic E-state index is -0.373. The van der Waals surface area contributed by atoms with Gasteiger partial charge >= 0.3 is 0 Å². The van der Waals surface area contributed by atoms with Crippen molar-refractivity contribution in [1.82, 2.24) is 10.2 Å². The Morgan fingerprint density at radius 1 is 1.15 bits per heavy atom. The summed E-state index contributed by atoms with van der Waals surface area (Å²) >= 11 is 4.62. The van der Waals surface area contributed by atoms with Crippen molar-refractivity contribution in [3.8, 4) is 11.5 Å². The highest BCUT2D eigenvalue weighted by Crippen LogP contribution is 2.28. The minimum absolute atomic E-state index is 0.126. The van der Waals surface area contributed by atoms with E-state index in [9.17, 15) is 4.79 Å². The van der Waals surface area contributed by atoms with E-state index in [0.29, 0.717) is 11.1 Å². The van der Waals surface area contributed by atoms with Crippen LogP contribution < -0.4 is 5.32 Å². The molecular weight excluding hydrogens is 414 g/mol. The van der Waals surface area contributed by atoms with E-state index in [1.54, 1.807) is 6.92 Å². The normalized spacial score (nSPS) is 12.0. The fourth-order valence-corrected chi connectivity index (χ4v) is 3.35. The van der Waals surface area contributed by atoms with E-state index < -0.39 is 0 Å².